The van der Waals surface area contributed by atoms with Gasteiger partial charge in [-0.25, -0.2) is 9.37 Å². The van der Waals surface area contributed by atoms with Crippen LogP contribution in [0.5, 0.6) is 0 Å². The Labute approximate surface area is 172 Å². The molecule has 0 saturated carbocycles. The summed E-state index contributed by atoms with van der Waals surface area (Å²) in [6.07, 6.45) is 2.70. The molecule has 0 unspecified atom stereocenters. The lowest BCUT2D eigenvalue weighted by atomic mass is 9.89. The van der Waals surface area contributed by atoms with E-state index in [1.165, 1.54) is 24.5 Å². The van der Waals surface area contributed by atoms with E-state index in [1.54, 1.807) is 9.80 Å². The fourth-order valence-electron chi connectivity index (χ4n) is 3.88. The molecule has 2 aromatic rings. The Morgan fingerprint density at radius 2 is 2.03 bits per heavy atom. The number of aromatic amines is 1. The number of hydrogen-bond donors (Lipinski definition) is 1. The number of amides is 2. The van der Waals surface area contributed by atoms with Crippen LogP contribution in [0.1, 0.15) is 29.0 Å². The summed E-state index contributed by atoms with van der Waals surface area (Å²) in [4.78, 5) is 32.6. The zero-order chi connectivity index (χ0) is 20.4. The number of hydrogen-bond acceptors (Lipinski definition) is 5. The van der Waals surface area contributed by atoms with Gasteiger partial charge < -0.3 is 14.5 Å². The summed E-state index contributed by atoms with van der Waals surface area (Å²) in [7, 11) is 0. The minimum atomic E-state index is -0.460. The van der Waals surface area contributed by atoms with Crippen molar-refractivity contribution in [2.45, 2.75) is 24.9 Å². The Morgan fingerprint density at radius 3 is 2.72 bits per heavy atom. The molecule has 1 N–H and O–H groups in total. The number of carbonyl (C=O) groups is 2. The maximum atomic E-state index is 13.2. The van der Waals surface area contributed by atoms with E-state index in [2.05, 4.69) is 15.2 Å². The van der Waals surface area contributed by atoms with E-state index in [1.807, 2.05) is 0 Å². The number of benzene rings is 1. The molecule has 0 aliphatic carbocycles. The number of carbonyl (C=O) groups excluding carboxylic acids is 2. The molecule has 2 saturated heterocycles. The number of halogens is 2. The largest absolute Gasteiger partial charge is 0.371 e. The van der Waals surface area contributed by atoms with Crippen LogP contribution in [0.25, 0.3) is 0 Å². The predicted molar refractivity (Wildman–Crippen MR) is 102 cm³/mol. The first kappa shape index (κ1) is 19.8. The normalized spacial score (nSPS) is 18.8. The van der Waals surface area contributed by atoms with Gasteiger partial charge in [-0.15, -0.1) is 0 Å². The molecule has 1 spiro atoms. The van der Waals surface area contributed by atoms with Gasteiger partial charge in [0.25, 0.3) is 5.91 Å². The minimum absolute atomic E-state index is 0.0567. The third-order valence-corrected chi connectivity index (χ3v) is 5.89. The number of aromatic nitrogens is 3. The van der Waals surface area contributed by atoms with Crippen LogP contribution < -0.4 is 0 Å². The number of rotatable bonds is 3. The summed E-state index contributed by atoms with van der Waals surface area (Å²) in [5, 5.41) is 6.58. The Kier molecular flexibility index (Phi) is 5.51. The molecule has 2 amide bonds. The van der Waals surface area contributed by atoms with E-state index in [9.17, 15) is 14.0 Å². The summed E-state index contributed by atoms with van der Waals surface area (Å²) in [6, 6.07) is 4.05. The second-order valence-electron chi connectivity index (χ2n) is 7.39. The molecule has 154 valence electrons. The van der Waals surface area contributed by atoms with Crippen molar-refractivity contribution in [3.05, 3.63) is 46.8 Å². The Bertz CT molecular complexity index is 899. The molecule has 0 radical (unpaired) electrons. The number of nitrogens with zero attached hydrogens (tertiary/aromatic N) is 4. The summed E-state index contributed by atoms with van der Waals surface area (Å²) >= 11 is 6.04. The van der Waals surface area contributed by atoms with E-state index >= 15 is 0 Å². The van der Waals surface area contributed by atoms with Gasteiger partial charge in [0.05, 0.1) is 25.2 Å². The lowest BCUT2D eigenvalue weighted by Crippen LogP contribution is -2.58. The first-order valence-corrected chi connectivity index (χ1v) is 9.84. The monoisotopic (exact) mass is 421 g/mol. The van der Waals surface area contributed by atoms with Crippen LogP contribution in [0.2, 0.25) is 5.02 Å². The number of likely N-dealkylation sites (tertiary alicyclic amines) is 1. The van der Waals surface area contributed by atoms with E-state index in [4.69, 9.17) is 16.3 Å². The van der Waals surface area contributed by atoms with Gasteiger partial charge in [0.2, 0.25) is 11.7 Å². The van der Waals surface area contributed by atoms with Crippen molar-refractivity contribution >= 4 is 23.4 Å². The molecule has 0 atom stereocenters. The van der Waals surface area contributed by atoms with Crippen LogP contribution in [0.3, 0.4) is 0 Å². The van der Waals surface area contributed by atoms with Gasteiger partial charge in [0, 0.05) is 24.7 Å². The van der Waals surface area contributed by atoms with Gasteiger partial charge in [-0.1, -0.05) is 17.7 Å². The molecule has 4 rings (SSSR count). The molecular weight excluding hydrogens is 401 g/mol. The summed E-state index contributed by atoms with van der Waals surface area (Å²) in [6.45, 7) is 2.45. The zero-order valence-electron chi connectivity index (χ0n) is 15.7. The summed E-state index contributed by atoms with van der Waals surface area (Å²) in [5.74, 6) is -0.468. The van der Waals surface area contributed by atoms with Gasteiger partial charge in [0.1, 0.15) is 12.1 Å². The molecule has 1 aromatic heterocycles. The Morgan fingerprint density at radius 1 is 1.24 bits per heavy atom. The lowest BCUT2D eigenvalue weighted by molar-refractivity contribution is -0.146. The van der Waals surface area contributed by atoms with E-state index < -0.39 is 11.4 Å². The molecule has 2 fully saturated rings. The topological polar surface area (TPSA) is 91.4 Å². The van der Waals surface area contributed by atoms with Gasteiger partial charge in [0.15, 0.2) is 0 Å². The van der Waals surface area contributed by atoms with Crippen LogP contribution in [-0.2, 0) is 16.0 Å². The van der Waals surface area contributed by atoms with Crippen molar-refractivity contribution in [1.29, 1.82) is 0 Å². The highest BCUT2D eigenvalue weighted by Crippen LogP contribution is 2.31. The smallest absolute Gasteiger partial charge is 0.291 e. The van der Waals surface area contributed by atoms with E-state index in [0.717, 1.165) is 0 Å². The maximum Gasteiger partial charge on any atom is 0.291 e. The molecule has 3 heterocycles. The third-order valence-electron chi connectivity index (χ3n) is 5.54. The number of nitrogens with one attached hydrogen (secondary N) is 1. The van der Waals surface area contributed by atoms with Crippen molar-refractivity contribution in [2.24, 2.45) is 0 Å². The van der Waals surface area contributed by atoms with Crippen molar-refractivity contribution in [3.63, 3.8) is 0 Å². The fraction of sp³-hybridized carbons (Fsp3) is 0.474. The Hall–Kier alpha value is -2.52. The number of morpholine rings is 1. The molecule has 10 heteroatoms. The lowest BCUT2D eigenvalue weighted by Gasteiger charge is -2.47. The van der Waals surface area contributed by atoms with Gasteiger partial charge in [-0.05, 0) is 30.5 Å². The fourth-order valence-corrected chi connectivity index (χ4v) is 4.12. The summed E-state index contributed by atoms with van der Waals surface area (Å²) < 4.78 is 19.2. The number of H-pyrrole nitrogens is 1. The molecule has 1 aromatic carbocycles. The second kappa shape index (κ2) is 8.08. The Balaban J connectivity index is 1.35. The standard InChI is InChI=1S/C19H21ClFN5O3/c20-15-10-14(21)2-1-13(15)9-16(27)25-5-3-19(4-6-25)11-26(7-8-29-19)18(28)17-22-12-23-24-17/h1-2,10,12H,3-9,11H2,(H,22,23,24). The van der Waals surface area contributed by atoms with Crippen molar-refractivity contribution in [3.8, 4) is 0 Å². The quantitative estimate of drug-likeness (QED) is 0.814. The molecule has 8 nitrogen and oxygen atoms in total. The third kappa shape index (κ3) is 4.25. The van der Waals surface area contributed by atoms with Gasteiger partial charge in [-0.3, -0.25) is 14.7 Å². The van der Waals surface area contributed by atoms with Gasteiger partial charge in [-0.2, -0.15) is 5.10 Å². The average Bonchev–Trinajstić information content (AvgIpc) is 3.25. The van der Waals surface area contributed by atoms with Crippen molar-refractivity contribution < 1.29 is 18.7 Å². The first-order valence-electron chi connectivity index (χ1n) is 9.46. The number of ether oxygens (including phenoxy) is 1. The molecule has 2 aliphatic rings. The van der Waals surface area contributed by atoms with E-state index in [-0.39, 0.29) is 29.1 Å². The predicted octanol–water partition coefficient (Wildman–Crippen LogP) is 1.67. The van der Waals surface area contributed by atoms with Crippen LogP contribution in [0.15, 0.2) is 24.5 Å². The highest BCUT2D eigenvalue weighted by Gasteiger charge is 2.42. The zero-order valence-corrected chi connectivity index (χ0v) is 16.5. The van der Waals surface area contributed by atoms with Crippen LogP contribution in [0, 0.1) is 5.82 Å². The highest BCUT2D eigenvalue weighted by atomic mass is 35.5. The highest BCUT2D eigenvalue weighted by molar-refractivity contribution is 6.31. The molecule has 2 aliphatic heterocycles. The average molecular weight is 422 g/mol. The van der Waals surface area contributed by atoms with Crippen LogP contribution >= 0.6 is 11.6 Å². The molecule has 0 bridgehead atoms. The van der Waals surface area contributed by atoms with Gasteiger partial charge >= 0.3 is 0 Å². The van der Waals surface area contributed by atoms with E-state index in [0.29, 0.717) is 51.2 Å². The van der Waals surface area contributed by atoms with Crippen molar-refractivity contribution in [1.82, 2.24) is 25.0 Å². The number of piperidine rings is 1. The molecule has 29 heavy (non-hydrogen) atoms. The summed E-state index contributed by atoms with van der Waals surface area (Å²) in [5.41, 5.74) is 0.147. The maximum absolute atomic E-state index is 13.2. The second-order valence-corrected chi connectivity index (χ2v) is 7.79. The van der Waals surface area contributed by atoms with Crippen LogP contribution in [-0.4, -0.2) is 75.2 Å². The van der Waals surface area contributed by atoms with Crippen LogP contribution in [0.4, 0.5) is 4.39 Å². The van der Waals surface area contributed by atoms with Crippen molar-refractivity contribution in [2.75, 3.05) is 32.8 Å². The first-order chi connectivity index (χ1) is 14.0. The minimum Gasteiger partial charge on any atom is -0.371 e. The molecular formula is C19H21ClFN5O3. The SMILES string of the molecule is O=C(Cc1ccc(F)cc1Cl)N1CCC2(CC1)CN(C(=O)c1ncn[nH]1)CCO2.